The highest BCUT2D eigenvalue weighted by Gasteiger charge is 2.22. The summed E-state index contributed by atoms with van der Waals surface area (Å²) in [6, 6.07) is 1.30. The Morgan fingerprint density at radius 1 is 1.54 bits per heavy atom. The molecule has 1 fully saturated rings. The molecule has 3 nitrogen and oxygen atoms in total. The highest BCUT2D eigenvalue weighted by Crippen LogP contribution is 2.35. The van der Waals surface area contributed by atoms with Crippen LogP contribution in [0.1, 0.15) is 31.7 Å². The van der Waals surface area contributed by atoms with Gasteiger partial charge in [-0.2, -0.15) is 0 Å². The molecule has 0 radical (unpaired) electrons. The Kier molecular flexibility index (Phi) is 2.58. The van der Waals surface area contributed by atoms with Crippen molar-refractivity contribution in [2.24, 2.45) is 0 Å². The first-order valence-electron chi connectivity index (χ1n) is 4.59. The highest BCUT2D eigenvalue weighted by molar-refractivity contribution is 9.10. The third-order valence-corrected chi connectivity index (χ3v) is 3.18. The van der Waals surface area contributed by atoms with Crippen molar-refractivity contribution < 1.29 is 4.74 Å². The summed E-state index contributed by atoms with van der Waals surface area (Å²) in [5, 5.41) is 0. The van der Waals surface area contributed by atoms with Crippen LogP contribution in [-0.2, 0) is 0 Å². The van der Waals surface area contributed by atoms with Crippen LogP contribution < -0.4 is 4.74 Å². The van der Waals surface area contributed by atoms with Crippen molar-refractivity contribution in [3.8, 4) is 6.01 Å². The zero-order valence-electron chi connectivity index (χ0n) is 7.66. The lowest BCUT2D eigenvalue weighted by Crippen LogP contribution is -2.06. The van der Waals surface area contributed by atoms with Crippen LogP contribution in [0, 0.1) is 0 Å². The van der Waals surface area contributed by atoms with Crippen LogP contribution in [-0.4, -0.2) is 16.7 Å². The molecule has 0 bridgehead atoms. The molecule has 1 aliphatic rings. The second-order valence-electron chi connectivity index (χ2n) is 3.38. The maximum absolute atomic E-state index is 5.20. The number of ether oxygens (including phenoxy) is 1. The molecule has 1 heterocycles. The number of imidazole rings is 1. The van der Waals surface area contributed by atoms with Gasteiger partial charge in [0.25, 0.3) is 6.01 Å². The van der Waals surface area contributed by atoms with Crippen LogP contribution in [0.4, 0.5) is 0 Å². The van der Waals surface area contributed by atoms with Crippen LogP contribution in [0.3, 0.4) is 0 Å². The number of hydrogen-bond acceptors (Lipinski definition) is 2. The van der Waals surface area contributed by atoms with Crippen molar-refractivity contribution in [1.29, 1.82) is 0 Å². The zero-order valence-corrected chi connectivity index (χ0v) is 9.25. The lowest BCUT2D eigenvalue weighted by Gasteiger charge is -2.14. The molecular weight excluding hydrogens is 232 g/mol. The Balaban J connectivity index is 2.30. The topological polar surface area (TPSA) is 27.1 Å². The molecule has 0 saturated heterocycles. The lowest BCUT2D eigenvalue weighted by atomic mass is 10.2. The first-order chi connectivity index (χ1) is 6.33. The van der Waals surface area contributed by atoms with Gasteiger partial charge >= 0.3 is 0 Å². The second kappa shape index (κ2) is 3.70. The van der Waals surface area contributed by atoms with E-state index in [9.17, 15) is 0 Å². The van der Waals surface area contributed by atoms with Crippen molar-refractivity contribution in [3.05, 3.63) is 10.8 Å². The quantitative estimate of drug-likeness (QED) is 0.801. The molecule has 1 aromatic rings. The Morgan fingerprint density at radius 2 is 2.23 bits per heavy atom. The third kappa shape index (κ3) is 1.59. The first kappa shape index (κ1) is 9.06. The van der Waals surface area contributed by atoms with Gasteiger partial charge in [0.2, 0.25) is 0 Å². The van der Waals surface area contributed by atoms with Gasteiger partial charge in [0.15, 0.2) is 0 Å². The number of nitrogens with zero attached hydrogens (tertiary/aromatic N) is 2. The van der Waals surface area contributed by atoms with E-state index >= 15 is 0 Å². The van der Waals surface area contributed by atoms with E-state index < -0.39 is 0 Å². The van der Waals surface area contributed by atoms with Crippen LogP contribution >= 0.6 is 15.9 Å². The van der Waals surface area contributed by atoms with Gasteiger partial charge in [0.05, 0.1) is 13.3 Å². The fourth-order valence-electron chi connectivity index (χ4n) is 1.97. The predicted molar refractivity (Wildman–Crippen MR) is 54.0 cm³/mol. The minimum absolute atomic E-state index is 0.576. The largest absolute Gasteiger partial charge is 0.468 e. The molecule has 0 unspecified atom stereocenters. The number of hydrogen-bond donors (Lipinski definition) is 0. The van der Waals surface area contributed by atoms with Crippen molar-refractivity contribution in [2.75, 3.05) is 7.11 Å². The Hall–Kier alpha value is -0.510. The summed E-state index contributed by atoms with van der Waals surface area (Å²) in [7, 11) is 1.67. The van der Waals surface area contributed by atoms with Gasteiger partial charge in [-0.15, -0.1) is 0 Å². The zero-order chi connectivity index (χ0) is 9.26. The Labute approximate surface area is 86.2 Å². The van der Waals surface area contributed by atoms with Gasteiger partial charge in [0, 0.05) is 6.04 Å². The molecule has 0 aromatic carbocycles. The van der Waals surface area contributed by atoms with Gasteiger partial charge in [-0.25, -0.2) is 4.98 Å². The molecule has 0 atom stereocenters. The Bertz CT molecular complexity index is 292. The SMILES string of the molecule is COc1ncc(Br)n1C1CCCC1. The molecule has 13 heavy (non-hydrogen) atoms. The number of methoxy groups -OCH3 is 1. The Morgan fingerprint density at radius 3 is 2.85 bits per heavy atom. The number of rotatable bonds is 2. The standard InChI is InChI=1S/C9H13BrN2O/c1-13-9-11-6-8(10)12(9)7-4-2-3-5-7/h6-7H,2-5H2,1H3. The van der Waals surface area contributed by atoms with Crippen molar-refractivity contribution in [2.45, 2.75) is 31.7 Å². The fourth-order valence-corrected chi connectivity index (χ4v) is 2.51. The van der Waals surface area contributed by atoms with E-state index in [4.69, 9.17) is 4.74 Å². The summed E-state index contributed by atoms with van der Waals surface area (Å²) in [6.07, 6.45) is 6.92. The van der Waals surface area contributed by atoms with Crippen LogP contribution in [0.5, 0.6) is 6.01 Å². The molecule has 0 amide bonds. The maximum Gasteiger partial charge on any atom is 0.297 e. The van der Waals surface area contributed by atoms with E-state index in [-0.39, 0.29) is 0 Å². The minimum Gasteiger partial charge on any atom is -0.468 e. The van der Waals surface area contributed by atoms with E-state index in [1.165, 1.54) is 25.7 Å². The van der Waals surface area contributed by atoms with Crippen molar-refractivity contribution >= 4 is 15.9 Å². The van der Waals surface area contributed by atoms with E-state index in [0.29, 0.717) is 6.04 Å². The summed E-state index contributed by atoms with van der Waals surface area (Å²) in [6.45, 7) is 0. The highest BCUT2D eigenvalue weighted by atomic mass is 79.9. The molecule has 2 rings (SSSR count). The molecule has 0 N–H and O–H groups in total. The summed E-state index contributed by atoms with van der Waals surface area (Å²) < 4.78 is 8.37. The second-order valence-corrected chi connectivity index (χ2v) is 4.19. The smallest absolute Gasteiger partial charge is 0.297 e. The van der Waals surface area contributed by atoms with E-state index in [2.05, 4.69) is 25.5 Å². The molecule has 1 saturated carbocycles. The molecular formula is C9H13BrN2O. The third-order valence-electron chi connectivity index (χ3n) is 2.59. The summed E-state index contributed by atoms with van der Waals surface area (Å²) in [4.78, 5) is 4.17. The minimum atomic E-state index is 0.576. The monoisotopic (exact) mass is 244 g/mol. The first-order valence-corrected chi connectivity index (χ1v) is 5.39. The normalized spacial score (nSPS) is 18.0. The summed E-state index contributed by atoms with van der Waals surface area (Å²) in [5.74, 6) is 0. The summed E-state index contributed by atoms with van der Waals surface area (Å²) in [5.41, 5.74) is 0. The predicted octanol–water partition coefficient (Wildman–Crippen LogP) is 2.77. The van der Waals surface area contributed by atoms with Gasteiger partial charge < -0.3 is 4.74 Å². The molecule has 4 heteroatoms. The van der Waals surface area contributed by atoms with E-state index in [1.54, 1.807) is 13.3 Å². The average molecular weight is 245 g/mol. The molecule has 0 spiro atoms. The average Bonchev–Trinajstić information content (AvgIpc) is 2.72. The van der Waals surface area contributed by atoms with Crippen molar-refractivity contribution in [3.63, 3.8) is 0 Å². The fraction of sp³-hybridized carbons (Fsp3) is 0.667. The lowest BCUT2D eigenvalue weighted by molar-refractivity contribution is 0.334. The van der Waals surface area contributed by atoms with Gasteiger partial charge in [-0.1, -0.05) is 12.8 Å². The van der Waals surface area contributed by atoms with Crippen LogP contribution in [0.2, 0.25) is 0 Å². The number of aromatic nitrogens is 2. The van der Waals surface area contributed by atoms with Gasteiger partial charge in [-0.3, -0.25) is 4.57 Å². The van der Waals surface area contributed by atoms with Gasteiger partial charge in [0.1, 0.15) is 4.60 Å². The summed E-state index contributed by atoms with van der Waals surface area (Å²) >= 11 is 3.49. The molecule has 0 aliphatic heterocycles. The van der Waals surface area contributed by atoms with Crippen LogP contribution in [0.25, 0.3) is 0 Å². The van der Waals surface area contributed by atoms with Crippen molar-refractivity contribution in [1.82, 2.24) is 9.55 Å². The maximum atomic E-state index is 5.20. The van der Waals surface area contributed by atoms with Crippen LogP contribution in [0.15, 0.2) is 10.8 Å². The van der Waals surface area contributed by atoms with E-state index in [1.807, 2.05) is 0 Å². The molecule has 72 valence electrons. The van der Waals surface area contributed by atoms with Gasteiger partial charge in [-0.05, 0) is 28.8 Å². The number of halogens is 1. The van der Waals surface area contributed by atoms with E-state index in [0.717, 1.165) is 10.6 Å². The molecule has 1 aromatic heterocycles. The molecule has 1 aliphatic carbocycles.